The van der Waals surface area contributed by atoms with E-state index in [-0.39, 0.29) is 10.6 Å². The number of aromatic nitrogens is 1. The van der Waals surface area contributed by atoms with E-state index in [1.54, 1.807) is 6.92 Å². The van der Waals surface area contributed by atoms with Crippen molar-refractivity contribution in [2.24, 2.45) is 5.73 Å². The summed E-state index contributed by atoms with van der Waals surface area (Å²) in [7, 11) is 0. The number of primary amides is 1. The molecule has 146 valence electrons. The SMILES string of the molecule is CCCCN(C(=O)Cn1c(C(F)(F)F)ccc(C(N)=O)c1=O)C(C)CC. The van der Waals surface area contributed by atoms with Crippen molar-refractivity contribution in [3.05, 3.63) is 33.7 Å². The Kier molecular flexibility index (Phi) is 7.41. The van der Waals surface area contributed by atoms with E-state index in [9.17, 15) is 27.6 Å². The van der Waals surface area contributed by atoms with Crippen molar-refractivity contribution in [3.8, 4) is 0 Å². The summed E-state index contributed by atoms with van der Waals surface area (Å²) < 4.78 is 40.0. The Balaban J connectivity index is 3.35. The number of carbonyl (C=O) groups excluding carboxylic acids is 2. The highest BCUT2D eigenvalue weighted by Crippen LogP contribution is 2.28. The van der Waals surface area contributed by atoms with Gasteiger partial charge in [-0.15, -0.1) is 0 Å². The molecule has 0 saturated heterocycles. The van der Waals surface area contributed by atoms with Crippen LogP contribution in [-0.2, 0) is 17.5 Å². The van der Waals surface area contributed by atoms with E-state index in [1.807, 2.05) is 13.8 Å². The van der Waals surface area contributed by atoms with Gasteiger partial charge in [-0.2, -0.15) is 13.2 Å². The average molecular weight is 375 g/mol. The first-order valence-electron chi connectivity index (χ1n) is 8.44. The van der Waals surface area contributed by atoms with Crippen LogP contribution in [-0.4, -0.2) is 33.9 Å². The van der Waals surface area contributed by atoms with Crippen LogP contribution in [0.2, 0.25) is 0 Å². The van der Waals surface area contributed by atoms with Crippen molar-refractivity contribution in [2.75, 3.05) is 6.54 Å². The number of carbonyl (C=O) groups is 2. The minimum absolute atomic E-state index is 0.182. The summed E-state index contributed by atoms with van der Waals surface area (Å²) in [6, 6.07) is 1.14. The zero-order chi connectivity index (χ0) is 20.1. The van der Waals surface area contributed by atoms with Crippen molar-refractivity contribution in [1.29, 1.82) is 0 Å². The first-order chi connectivity index (χ1) is 12.0. The predicted octanol–water partition coefficient (Wildman–Crippen LogP) is 2.39. The number of nitrogens with zero attached hydrogens (tertiary/aromatic N) is 2. The monoisotopic (exact) mass is 375 g/mol. The Hall–Kier alpha value is -2.32. The normalized spacial score (nSPS) is 12.7. The van der Waals surface area contributed by atoms with E-state index in [1.165, 1.54) is 4.90 Å². The quantitative estimate of drug-likeness (QED) is 0.757. The Morgan fingerprint density at radius 2 is 1.88 bits per heavy atom. The molecule has 2 amide bonds. The van der Waals surface area contributed by atoms with E-state index < -0.39 is 41.4 Å². The molecule has 0 spiro atoms. The van der Waals surface area contributed by atoms with Crippen LogP contribution in [0.1, 0.15) is 56.1 Å². The van der Waals surface area contributed by atoms with Crippen LogP contribution in [0.15, 0.2) is 16.9 Å². The van der Waals surface area contributed by atoms with Crippen molar-refractivity contribution in [2.45, 2.75) is 58.8 Å². The maximum absolute atomic E-state index is 13.2. The van der Waals surface area contributed by atoms with E-state index in [2.05, 4.69) is 0 Å². The van der Waals surface area contributed by atoms with Gasteiger partial charge in [0.05, 0.1) is 0 Å². The van der Waals surface area contributed by atoms with Crippen LogP contribution < -0.4 is 11.3 Å². The molecule has 26 heavy (non-hydrogen) atoms. The highest BCUT2D eigenvalue weighted by molar-refractivity contribution is 5.92. The Morgan fingerprint density at radius 1 is 1.27 bits per heavy atom. The van der Waals surface area contributed by atoms with Gasteiger partial charge in [0.1, 0.15) is 17.8 Å². The van der Waals surface area contributed by atoms with Crippen LogP contribution in [0, 0.1) is 0 Å². The second kappa shape index (κ2) is 8.86. The first-order valence-corrected chi connectivity index (χ1v) is 8.44. The van der Waals surface area contributed by atoms with Gasteiger partial charge in [0.2, 0.25) is 5.91 Å². The standard InChI is InChI=1S/C17H24F3N3O3/c1-4-6-9-22(11(3)5-2)14(24)10-23-13(17(18,19)20)8-7-12(15(21)25)16(23)26/h7-8,11H,4-6,9-10H2,1-3H3,(H2,21,25). The number of pyridine rings is 1. The number of unbranched alkanes of at least 4 members (excludes halogenated alkanes) is 1. The van der Waals surface area contributed by atoms with Gasteiger partial charge in [0, 0.05) is 12.6 Å². The first kappa shape index (κ1) is 21.7. The molecule has 0 aliphatic carbocycles. The summed E-state index contributed by atoms with van der Waals surface area (Å²) >= 11 is 0. The molecule has 0 aliphatic heterocycles. The molecule has 1 atom stereocenters. The topological polar surface area (TPSA) is 85.4 Å². The van der Waals surface area contributed by atoms with E-state index in [0.717, 1.165) is 12.5 Å². The van der Waals surface area contributed by atoms with Crippen LogP contribution in [0.5, 0.6) is 0 Å². The second-order valence-corrected chi connectivity index (χ2v) is 6.08. The van der Waals surface area contributed by atoms with E-state index in [0.29, 0.717) is 25.5 Å². The van der Waals surface area contributed by atoms with Gasteiger partial charge in [-0.25, -0.2) is 0 Å². The van der Waals surface area contributed by atoms with E-state index in [4.69, 9.17) is 5.73 Å². The third kappa shape index (κ3) is 5.09. The molecule has 1 aromatic rings. The molecule has 2 N–H and O–H groups in total. The van der Waals surface area contributed by atoms with Gasteiger partial charge in [-0.3, -0.25) is 19.0 Å². The minimum Gasteiger partial charge on any atom is -0.365 e. The zero-order valence-corrected chi connectivity index (χ0v) is 15.1. The van der Waals surface area contributed by atoms with Crippen LogP contribution in [0.4, 0.5) is 13.2 Å². The summed E-state index contributed by atoms with van der Waals surface area (Å²) in [5.41, 5.74) is 1.94. The highest BCUT2D eigenvalue weighted by atomic mass is 19.4. The Morgan fingerprint density at radius 3 is 2.35 bits per heavy atom. The van der Waals surface area contributed by atoms with Gasteiger partial charge < -0.3 is 10.6 Å². The molecule has 1 aromatic heterocycles. The third-order valence-corrected chi connectivity index (χ3v) is 4.22. The summed E-state index contributed by atoms with van der Waals surface area (Å²) in [4.78, 5) is 37.6. The summed E-state index contributed by atoms with van der Waals surface area (Å²) in [5, 5.41) is 0. The second-order valence-electron chi connectivity index (χ2n) is 6.08. The summed E-state index contributed by atoms with van der Waals surface area (Å²) in [6.45, 7) is 5.17. The minimum atomic E-state index is -4.85. The van der Waals surface area contributed by atoms with Crippen LogP contribution in [0.3, 0.4) is 0 Å². The number of hydrogen-bond donors (Lipinski definition) is 1. The molecule has 0 bridgehead atoms. The number of alkyl halides is 3. The lowest BCUT2D eigenvalue weighted by molar-refractivity contribution is -0.146. The van der Waals surface area contributed by atoms with Crippen molar-refractivity contribution >= 4 is 11.8 Å². The number of hydrogen-bond acceptors (Lipinski definition) is 3. The van der Waals surface area contributed by atoms with Crippen molar-refractivity contribution < 1.29 is 22.8 Å². The maximum atomic E-state index is 13.2. The van der Waals surface area contributed by atoms with Gasteiger partial charge in [-0.05, 0) is 31.9 Å². The molecule has 1 heterocycles. The molecule has 0 aromatic carbocycles. The molecular formula is C17H24F3N3O3. The molecule has 0 saturated carbocycles. The molecule has 6 nitrogen and oxygen atoms in total. The zero-order valence-electron chi connectivity index (χ0n) is 15.1. The number of nitrogens with two attached hydrogens (primary N) is 1. The van der Waals surface area contributed by atoms with E-state index >= 15 is 0 Å². The molecule has 1 rings (SSSR count). The van der Waals surface area contributed by atoms with Crippen LogP contribution >= 0.6 is 0 Å². The van der Waals surface area contributed by atoms with Crippen molar-refractivity contribution in [3.63, 3.8) is 0 Å². The largest absolute Gasteiger partial charge is 0.431 e. The number of rotatable bonds is 8. The molecule has 1 unspecified atom stereocenters. The Bertz CT molecular complexity index is 713. The summed E-state index contributed by atoms with van der Waals surface area (Å²) in [6.07, 6.45) is -2.72. The number of halogens is 3. The third-order valence-electron chi connectivity index (χ3n) is 4.22. The number of amides is 2. The van der Waals surface area contributed by atoms with Crippen molar-refractivity contribution in [1.82, 2.24) is 9.47 Å². The van der Waals surface area contributed by atoms with Gasteiger partial charge in [0.25, 0.3) is 11.5 Å². The highest BCUT2D eigenvalue weighted by Gasteiger charge is 2.36. The fourth-order valence-corrected chi connectivity index (χ4v) is 2.54. The fourth-order valence-electron chi connectivity index (χ4n) is 2.54. The lowest BCUT2D eigenvalue weighted by Gasteiger charge is -2.29. The molecule has 9 heteroatoms. The molecule has 0 radical (unpaired) electrons. The smallest absolute Gasteiger partial charge is 0.365 e. The lowest BCUT2D eigenvalue weighted by Crippen LogP contribution is -2.44. The maximum Gasteiger partial charge on any atom is 0.431 e. The predicted molar refractivity (Wildman–Crippen MR) is 90.6 cm³/mol. The lowest BCUT2D eigenvalue weighted by atomic mass is 10.2. The average Bonchev–Trinajstić information content (AvgIpc) is 2.55. The molecule has 0 aliphatic rings. The Labute approximate surface area is 149 Å². The summed E-state index contributed by atoms with van der Waals surface area (Å²) in [5.74, 6) is -1.75. The van der Waals surface area contributed by atoms with Gasteiger partial charge >= 0.3 is 6.18 Å². The fraction of sp³-hybridized carbons (Fsp3) is 0.588. The molecule has 0 fully saturated rings. The van der Waals surface area contributed by atoms with Crippen LogP contribution in [0.25, 0.3) is 0 Å². The van der Waals surface area contributed by atoms with Gasteiger partial charge in [0.15, 0.2) is 0 Å². The molecular weight excluding hydrogens is 351 g/mol. The van der Waals surface area contributed by atoms with Gasteiger partial charge in [-0.1, -0.05) is 20.3 Å².